The molecule has 2 aromatic carbocycles. The molecule has 0 unspecified atom stereocenters. The number of aliphatic hydroxyl groups excluding tert-OH is 3. The highest BCUT2D eigenvalue weighted by Crippen LogP contribution is 2.46. The molecule has 4 N–H and O–H groups in total. The van der Waals surface area contributed by atoms with Gasteiger partial charge in [0, 0.05) is 64.9 Å². The fraction of sp³-hybridized carbons (Fsp3) is 0.355. The number of carbonyl (C=O) groups excluding carboxylic acids is 3. The van der Waals surface area contributed by atoms with E-state index in [1.54, 1.807) is 6.21 Å². The summed E-state index contributed by atoms with van der Waals surface area (Å²) < 4.78 is 17.1. The first kappa shape index (κ1) is 27.8. The number of aliphatic hydroxyl groups is 3. The third-order valence-electron chi connectivity index (χ3n) is 8.01. The van der Waals surface area contributed by atoms with E-state index in [-0.39, 0.29) is 63.3 Å². The van der Waals surface area contributed by atoms with Crippen molar-refractivity contribution in [3.63, 3.8) is 0 Å². The molecule has 2 heterocycles. The lowest BCUT2D eigenvalue weighted by molar-refractivity contribution is -0.268. The molecule has 2 bridgehead atoms. The van der Waals surface area contributed by atoms with Crippen molar-refractivity contribution in [2.75, 3.05) is 6.54 Å². The van der Waals surface area contributed by atoms with Gasteiger partial charge in [-0.25, -0.2) is 0 Å². The van der Waals surface area contributed by atoms with E-state index in [9.17, 15) is 34.8 Å². The molecule has 11 nitrogen and oxygen atoms in total. The summed E-state index contributed by atoms with van der Waals surface area (Å²) in [6.45, 7) is 4.51. The van der Waals surface area contributed by atoms with Crippen LogP contribution in [-0.2, 0) is 22.4 Å². The van der Waals surface area contributed by atoms with Gasteiger partial charge in [-0.2, -0.15) is 0 Å². The number of allylic oxidation sites excluding steroid dienone is 1. The summed E-state index contributed by atoms with van der Waals surface area (Å²) in [4.78, 5) is 44.5. The standard InChI is InChI=1S/C31H27NO10/c1-12-24(34)23-22-19(30(12)42-31-29(39)28(38)25(35)13(2)40-31)9-16-11-32-10-15(16)5-4-6-17-20(41-14(3)33)8-7-18(26(23)36)21(17)27(22)37/h7-8,11,13,25,28-29,31,34-35,38-39H,6,9-10H2,1-3H3/t13-,25+,28+,29+,31+/m0/s1. The van der Waals surface area contributed by atoms with Crippen molar-refractivity contribution >= 4 is 23.8 Å². The number of hydrogen-bond donors (Lipinski definition) is 4. The average molecular weight is 574 g/mol. The molecule has 2 aliphatic heterocycles. The molecule has 0 spiro atoms. The number of esters is 1. The number of ether oxygens (including phenoxy) is 3. The summed E-state index contributed by atoms with van der Waals surface area (Å²) in [5.74, 6) is 3.87. The van der Waals surface area contributed by atoms with Crippen LogP contribution in [0.5, 0.6) is 17.2 Å². The summed E-state index contributed by atoms with van der Waals surface area (Å²) in [6, 6.07) is 2.82. The first-order chi connectivity index (χ1) is 20.0. The fourth-order valence-electron chi connectivity index (χ4n) is 5.82. The maximum Gasteiger partial charge on any atom is 0.308 e. The van der Waals surface area contributed by atoms with Crippen molar-refractivity contribution in [1.29, 1.82) is 0 Å². The number of nitrogens with zero attached hydrogens (tertiary/aromatic N) is 1. The molecule has 1 fully saturated rings. The van der Waals surface area contributed by atoms with Crippen LogP contribution in [0.3, 0.4) is 0 Å². The second-order valence-corrected chi connectivity index (χ2v) is 10.7. The highest BCUT2D eigenvalue weighted by molar-refractivity contribution is 6.31. The molecule has 42 heavy (non-hydrogen) atoms. The molecule has 0 radical (unpaired) electrons. The largest absolute Gasteiger partial charge is 0.507 e. The van der Waals surface area contributed by atoms with E-state index in [1.165, 1.54) is 32.9 Å². The second kappa shape index (κ2) is 10.2. The Bertz CT molecular complexity index is 1710. The first-order valence-electron chi connectivity index (χ1n) is 13.4. The molecule has 11 heteroatoms. The van der Waals surface area contributed by atoms with Crippen LogP contribution in [0, 0.1) is 18.8 Å². The van der Waals surface area contributed by atoms with E-state index in [1.807, 2.05) is 0 Å². The Labute approximate surface area is 240 Å². The maximum atomic E-state index is 14.4. The number of ketones is 2. The van der Waals surface area contributed by atoms with Crippen LogP contribution in [0.15, 0.2) is 28.3 Å². The lowest BCUT2D eigenvalue weighted by atomic mass is 9.76. The molecule has 0 aromatic heterocycles. The molecule has 6 rings (SSSR count). The second-order valence-electron chi connectivity index (χ2n) is 10.7. The van der Waals surface area contributed by atoms with E-state index in [4.69, 9.17) is 14.2 Å². The molecule has 0 saturated carbocycles. The number of aromatic hydroxyl groups is 1. The third kappa shape index (κ3) is 4.23. The molecule has 2 aliphatic carbocycles. The van der Waals surface area contributed by atoms with E-state index in [2.05, 4.69) is 16.8 Å². The zero-order valence-corrected chi connectivity index (χ0v) is 22.9. The van der Waals surface area contributed by atoms with Crippen LogP contribution in [0.25, 0.3) is 0 Å². The third-order valence-corrected chi connectivity index (χ3v) is 8.01. The van der Waals surface area contributed by atoms with Gasteiger partial charge >= 0.3 is 5.97 Å². The van der Waals surface area contributed by atoms with E-state index < -0.39 is 54.0 Å². The topological polar surface area (TPSA) is 172 Å². The molecule has 2 aromatic rings. The molecule has 5 atom stereocenters. The molecular weight excluding hydrogens is 546 g/mol. The molecule has 4 aliphatic rings. The van der Waals surface area contributed by atoms with Gasteiger partial charge in [-0.3, -0.25) is 19.4 Å². The van der Waals surface area contributed by atoms with Crippen molar-refractivity contribution in [2.45, 2.75) is 64.3 Å². The quantitative estimate of drug-likeness (QED) is 0.202. The van der Waals surface area contributed by atoms with E-state index >= 15 is 0 Å². The summed E-state index contributed by atoms with van der Waals surface area (Å²) in [5.41, 5.74) is 1.64. The summed E-state index contributed by atoms with van der Waals surface area (Å²) in [5, 5.41) is 42.6. The van der Waals surface area contributed by atoms with Gasteiger partial charge in [0.25, 0.3) is 0 Å². The molecular formula is C31H27NO10. The predicted molar refractivity (Wildman–Crippen MR) is 146 cm³/mol. The van der Waals surface area contributed by atoms with Crippen LogP contribution >= 0.6 is 0 Å². The molecule has 0 amide bonds. The number of hydrogen-bond acceptors (Lipinski definition) is 11. The van der Waals surface area contributed by atoms with Crippen molar-refractivity contribution in [3.8, 4) is 29.1 Å². The minimum atomic E-state index is -1.67. The number of aliphatic imine (C=N–C) groups is 1. The lowest BCUT2D eigenvalue weighted by Crippen LogP contribution is -2.58. The van der Waals surface area contributed by atoms with Crippen LogP contribution in [0.2, 0.25) is 0 Å². The van der Waals surface area contributed by atoms with Gasteiger partial charge in [0.05, 0.1) is 18.2 Å². The van der Waals surface area contributed by atoms with Gasteiger partial charge < -0.3 is 34.6 Å². The van der Waals surface area contributed by atoms with Crippen LogP contribution in [0.1, 0.15) is 62.4 Å². The summed E-state index contributed by atoms with van der Waals surface area (Å²) >= 11 is 0. The number of rotatable bonds is 3. The Morgan fingerprint density at radius 1 is 1.05 bits per heavy atom. The van der Waals surface area contributed by atoms with Gasteiger partial charge in [0.15, 0.2) is 11.6 Å². The number of phenols is 1. The normalized spacial score (nSPS) is 25.8. The SMILES string of the molecule is CC(=O)Oc1ccc2c3c1CC#CC1=C(C=NC1)Cc1c(O[C@H]4O[C@@H](C)[C@@H](O)[C@@H](O)[C@H]4O)c(C)c(O)c(c1C3=O)C2=O. The highest BCUT2D eigenvalue weighted by Gasteiger charge is 2.45. The molecule has 216 valence electrons. The smallest absolute Gasteiger partial charge is 0.308 e. The Balaban J connectivity index is 1.62. The number of benzene rings is 2. The molecule has 1 saturated heterocycles. The van der Waals surface area contributed by atoms with Crippen LogP contribution in [0.4, 0.5) is 0 Å². The Morgan fingerprint density at radius 3 is 2.55 bits per heavy atom. The number of phenolic OH excluding ortho intramolecular Hbond substituents is 1. The van der Waals surface area contributed by atoms with E-state index in [0.717, 1.165) is 0 Å². The zero-order valence-electron chi connectivity index (χ0n) is 22.9. The minimum Gasteiger partial charge on any atom is -0.507 e. The van der Waals surface area contributed by atoms with Gasteiger partial charge in [0.1, 0.15) is 35.6 Å². The minimum absolute atomic E-state index is 0.00629. The van der Waals surface area contributed by atoms with Crippen molar-refractivity contribution < 1.29 is 49.0 Å². The predicted octanol–water partition coefficient (Wildman–Crippen LogP) is 1.09. The van der Waals surface area contributed by atoms with Gasteiger partial charge in [-0.15, -0.1) is 0 Å². The van der Waals surface area contributed by atoms with Crippen LogP contribution < -0.4 is 9.47 Å². The van der Waals surface area contributed by atoms with Gasteiger partial charge in [0.2, 0.25) is 6.29 Å². The first-order valence-corrected chi connectivity index (χ1v) is 13.4. The lowest BCUT2D eigenvalue weighted by Gasteiger charge is -2.39. The van der Waals surface area contributed by atoms with Crippen molar-refractivity contribution in [2.24, 2.45) is 4.99 Å². The monoisotopic (exact) mass is 573 g/mol. The van der Waals surface area contributed by atoms with Crippen molar-refractivity contribution in [1.82, 2.24) is 0 Å². The van der Waals surface area contributed by atoms with E-state index in [0.29, 0.717) is 17.7 Å². The zero-order chi connectivity index (χ0) is 30.0. The fourth-order valence-corrected chi connectivity index (χ4v) is 5.82. The Kier molecular flexibility index (Phi) is 6.74. The average Bonchev–Trinajstić information content (AvgIpc) is 3.38. The summed E-state index contributed by atoms with van der Waals surface area (Å²) in [7, 11) is 0. The number of carbonyl (C=O) groups is 3. The highest BCUT2D eigenvalue weighted by atomic mass is 16.7. The summed E-state index contributed by atoms with van der Waals surface area (Å²) in [6.07, 6.45) is -5.40. The Hall–Kier alpha value is -4.34. The van der Waals surface area contributed by atoms with Crippen molar-refractivity contribution in [3.05, 3.63) is 62.2 Å². The van der Waals surface area contributed by atoms with Gasteiger partial charge in [-0.05, 0) is 31.6 Å². The maximum absolute atomic E-state index is 14.4. The van der Waals surface area contributed by atoms with Gasteiger partial charge in [-0.1, -0.05) is 11.8 Å². The van der Waals surface area contributed by atoms with Crippen LogP contribution in [-0.4, -0.2) is 81.4 Å². The Morgan fingerprint density at radius 2 is 1.81 bits per heavy atom.